The standard InChI is InChI=1S/C27H32N2O/c1-18-5-8-21-22(26(30)24-4-2-3-11-28-24)17-27(23(21)14-18)9-12-29(13-10-27)25-16-19-6-7-20(25)15-19/h2-5,8,11,14,19-20,22,25H,6-7,9-10,12-13,15-17H2,1H3. The van der Waals surface area contributed by atoms with Crippen molar-refractivity contribution in [1.82, 2.24) is 9.88 Å². The van der Waals surface area contributed by atoms with Gasteiger partial charge in [0.05, 0.1) is 5.92 Å². The third kappa shape index (κ3) is 2.89. The summed E-state index contributed by atoms with van der Waals surface area (Å²) in [5, 5.41) is 0. The van der Waals surface area contributed by atoms with Gasteiger partial charge in [-0.1, -0.05) is 36.2 Å². The second-order valence-corrected chi connectivity index (χ2v) is 10.5. The predicted molar refractivity (Wildman–Crippen MR) is 119 cm³/mol. The monoisotopic (exact) mass is 400 g/mol. The second-order valence-electron chi connectivity index (χ2n) is 10.5. The molecule has 1 aliphatic heterocycles. The van der Waals surface area contributed by atoms with Gasteiger partial charge in [0.1, 0.15) is 5.69 Å². The van der Waals surface area contributed by atoms with Gasteiger partial charge in [0.15, 0.2) is 5.78 Å². The minimum absolute atomic E-state index is 0.0375. The average Bonchev–Trinajstić information content (AvgIpc) is 3.49. The van der Waals surface area contributed by atoms with Gasteiger partial charge < -0.3 is 4.90 Å². The molecule has 3 aliphatic carbocycles. The summed E-state index contributed by atoms with van der Waals surface area (Å²) in [5.41, 5.74) is 4.83. The van der Waals surface area contributed by atoms with Gasteiger partial charge >= 0.3 is 0 Å². The SMILES string of the molecule is Cc1ccc2c(c1)C1(CCN(C3CC4CCC3C4)CC1)CC2C(=O)c1ccccn1. The van der Waals surface area contributed by atoms with Crippen molar-refractivity contribution in [3.05, 3.63) is 65.0 Å². The van der Waals surface area contributed by atoms with Crippen molar-refractivity contribution in [2.24, 2.45) is 11.8 Å². The predicted octanol–water partition coefficient (Wildman–Crippen LogP) is 5.28. The average molecular weight is 401 g/mol. The van der Waals surface area contributed by atoms with Crippen LogP contribution in [0.3, 0.4) is 0 Å². The van der Waals surface area contributed by atoms with Crippen LogP contribution in [0.25, 0.3) is 0 Å². The number of hydrogen-bond donors (Lipinski definition) is 0. The van der Waals surface area contributed by atoms with Gasteiger partial charge in [-0.2, -0.15) is 0 Å². The number of carbonyl (C=O) groups is 1. The van der Waals surface area contributed by atoms with Gasteiger partial charge in [-0.05, 0) is 99.0 Å². The number of likely N-dealkylation sites (tertiary alicyclic amines) is 1. The lowest BCUT2D eigenvalue weighted by molar-refractivity contribution is 0.0780. The molecule has 30 heavy (non-hydrogen) atoms. The minimum atomic E-state index is -0.0375. The highest BCUT2D eigenvalue weighted by Gasteiger charge is 2.50. The van der Waals surface area contributed by atoms with Crippen molar-refractivity contribution < 1.29 is 4.79 Å². The molecule has 4 aliphatic rings. The van der Waals surface area contributed by atoms with Crippen molar-refractivity contribution in [1.29, 1.82) is 0 Å². The number of aromatic nitrogens is 1. The molecule has 1 aromatic carbocycles. The molecule has 156 valence electrons. The fourth-order valence-electron chi connectivity index (χ4n) is 7.38. The van der Waals surface area contributed by atoms with Crippen molar-refractivity contribution in [2.75, 3.05) is 13.1 Å². The Balaban J connectivity index is 1.27. The zero-order chi connectivity index (χ0) is 20.3. The maximum atomic E-state index is 13.4. The Hall–Kier alpha value is -2.00. The number of aryl methyl sites for hydroxylation is 1. The normalized spacial score (nSPS) is 31.9. The van der Waals surface area contributed by atoms with E-state index in [1.54, 1.807) is 6.20 Å². The third-order valence-electron chi connectivity index (χ3n) is 8.91. The Morgan fingerprint density at radius 1 is 1.10 bits per heavy atom. The number of pyridine rings is 1. The molecule has 3 nitrogen and oxygen atoms in total. The maximum absolute atomic E-state index is 13.4. The summed E-state index contributed by atoms with van der Waals surface area (Å²) in [6.07, 6.45) is 11.0. The summed E-state index contributed by atoms with van der Waals surface area (Å²) >= 11 is 0. The number of nitrogens with zero attached hydrogens (tertiary/aromatic N) is 2. The zero-order valence-electron chi connectivity index (χ0n) is 18.0. The summed E-state index contributed by atoms with van der Waals surface area (Å²) in [6, 6.07) is 13.3. The summed E-state index contributed by atoms with van der Waals surface area (Å²) in [5.74, 6) is 2.13. The van der Waals surface area contributed by atoms with Crippen LogP contribution in [0.4, 0.5) is 0 Å². The molecule has 0 radical (unpaired) electrons. The Kier molecular flexibility index (Phi) is 4.38. The van der Waals surface area contributed by atoms with E-state index in [9.17, 15) is 4.79 Å². The molecular formula is C27H32N2O. The van der Waals surface area contributed by atoms with E-state index in [-0.39, 0.29) is 17.1 Å². The molecule has 2 bridgehead atoms. The Bertz CT molecular complexity index is 960. The molecule has 2 saturated carbocycles. The Morgan fingerprint density at radius 2 is 1.97 bits per heavy atom. The minimum Gasteiger partial charge on any atom is -0.300 e. The van der Waals surface area contributed by atoms with Gasteiger partial charge in [0.25, 0.3) is 0 Å². The number of benzene rings is 1. The first-order valence-corrected chi connectivity index (χ1v) is 11.9. The molecule has 1 spiro atoms. The highest BCUT2D eigenvalue weighted by Crippen LogP contribution is 2.54. The molecule has 1 saturated heterocycles. The summed E-state index contributed by atoms with van der Waals surface area (Å²) in [6.45, 7) is 4.59. The second kappa shape index (κ2) is 7.02. The quantitative estimate of drug-likeness (QED) is 0.657. The van der Waals surface area contributed by atoms with Crippen LogP contribution in [0.2, 0.25) is 0 Å². The molecule has 6 rings (SSSR count). The highest BCUT2D eigenvalue weighted by atomic mass is 16.1. The van der Waals surface area contributed by atoms with Crippen molar-refractivity contribution in [3.8, 4) is 0 Å². The third-order valence-corrected chi connectivity index (χ3v) is 8.91. The summed E-state index contributed by atoms with van der Waals surface area (Å²) in [4.78, 5) is 20.6. The first-order valence-electron chi connectivity index (χ1n) is 11.9. The first kappa shape index (κ1) is 18.7. The first-order chi connectivity index (χ1) is 14.6. The molecule has 4 unspecified atom stereocenters. The van der Waals surface area contributed by atoms with Crippen LogP contribution in [0.1, 0.15) is 78.0 Å². The van der Waals surface area contributed by atoms with Crippen LogP contribution < -0.4 is 0 Å². The molecule has 4 atom stereocenters. The van der Waals surface area contributed by atoms with E-state index in [4.69, 9.17) is 0 Å². The van der Waals surface area contributed by atoms with Crippen LogP contribution >= 0.6 is 0 Å². The van der Waals surface area contributed by atoms with E-state index in [1.165, 1.54) is 68.3 Å². The largest absolute Gasteiger partial charge is 0.300 e. The van der Waals surface area contributed by atoms with Crippen LogP contribution in [0, 0.1) is 18.8 Å². The summed E-state index contributed by atoms with van der Waals surface area (Å²) < 4.78 is 0. The fraction of sp³-hybridized carbons (Fsp3) is 0.556. The number of hydrogen-bond acceptors (Lipinski definition) is 3. The maximum Gasteiger partial charge on any atom is 0.188 e. The Morgan fingerprint density at radius 3 is 2.67 bits per heavy atom. The smallest absolute Gasteiger partial charge is 0.188 e. The molecule has 3 heteroatoms. The topological polar surface area (TPSA) is 33.2 Å². The summed E-state index contributed by atoms with van der Waals surface area (Å²) in [7, 11) is 0. The van der Waals surface area contributed by atoms with Gasteiger partial charge in [-0.15, -0.1) is 0 Å². The van der Waals surface area contributed by atoms with Crippen LogP contribution in [0.5, 0.6) is 0 Å². The molecule has 2 heterocycles. The van der Waals surface area contributed by atoms with E-state index in [0.717, 1.165) is 24.3 Å². The van der Waals surface area contributed by atoms with E-state index in [2.05, 4.69) is 35.0 Å². The molecule has 3 fully saturated rings. The van der Waals surface area contributed by atoms with Crippen LogP contribution in [0.15, 0.2) is 42.6 Å². The van der Waals surface area contributed by atoms with E-state index < -0.39 is 0 Å². The lowest BCUT2D eigenvalue weighted by Crippen LogP contribution is -2.48. The van der Waals surface area contributed by atoms with Crippen LogP contribution in [-0.2, 0) is 5.41 Å². The van der Waals surface area contributed by atoms with Gasteiger partial charge in [0, 0.05) is 12.2 Å². The van der Waals surface area contributed by atoms with Crippen LogP contribution in [-0.4, -0.2) is 34.8 Å². The van der Waals surface area contributed by atoms with E-state index in [0.29, 0.717) is 5.69 Å². The molecule has 2 aromatic rings. The molecular weight excluding hydrogens is 368 g/mol. The highest BCUT2D eigenvalue weighted by molar-refractivity contribution is 6.00. The van der Waals surface area contributed by atoms with Gasteiger partial charge in [-0.3, -0.25) is 9.78 Å². The zero-order valence-corrected chi connectivity index (χ0v) is 18.0. The number of piperidine rings is 1. The van der Waals surface area contributed by atoms with E-state index in [1.807, 2.05) is 18.2 Å². The molecule has 0 amide bonds. The number of Topliss-reactive ketones (excluding diaryl/α,β-unsaturated/α-hetero) is 1. The number of ketones is 1. The van der Waals surface area contributed by atoms with Gasteiger partial charge in [0.2, 0.25) is 0 Å². The molecule has 1 aromatic heterocycles. The van der Waals surface area contributed by atoms with Crippen molar-refractivity contribution in [3.63, 3.8) is 0 Å². The Labute approximate surface area is 179 Å². The fourth-order valence-corrected chi connectivity index (χ4v) is 7.38. The van der Waals surface area contributed by atoms with Crippen molar-refractivity contribution >= 4 is 5.78 Å². The number of carbonyl (C=O) groups excluding carboxylic acids is 1. The van der Waals surface area contributed by atoms with E-state index >= 15 is 0 Å². The van der Waals surface area contributed by atoms with Crippen molar-refractivity contribution in [2.45, 2.75) is 69.2 Å². The van der Waals surface area contributed by atoms with Gasteiger partial charge in [-0.25, -0.2) is 0 Å². The lowest BCUT2D eigenvalue weighted by Gasteiger charge is -2.44. The lowest BCUT2D eigenvalue weighted by atomic mass is 9.72. The molecule has 0 N–H and O–H groups in total. The number of fused-ring (bicyclic) bond motifs is 4. The number of rotatable bonds is 3.